The molecule has 0 aromatic carbocycles. The van der Waals surface area contributed by atoms with E-state index in [-0.39, 0.29) is 13.2 Å². The molecule has 0 radical (unpaired) electrons. The summed E-state index contributed by atoms with van der Waals surface area (Å²) >= 11 is 0. The van der Waals surface area contributed by atoms with Gasteiger partial charge in [0.25, 0.3) is 0 Å². The van der Waals surface area contributed by atoms with E-state index in [0.717, 1.165) is 7.11 Å². The highest BCUT2D eigenvalue weighted by Gasteiger charge is 2.43. The fourth-order valence-corrected chi connectivity index (χ4v) is 2.53. The predicted molar refractivity (Wildman–Crippen MR) is 54.9 cm³/mol. The van der Waals surface area contributed by atoms with Crippen molar-refractivity contribution in [1.82, 2.24) is 0 Å². The summed E-state index contributed by atoms with van der Waals surface area (Å²) in [6, 6.07) is 0. The van der Waals surface area contributed by atoms with Crippen LogP contribution in [0.2, 0.25) is 0 Å². The molecule has 0 amide bonds. The third-order valence-corrected chi connectivity index (χ3v) is 3.83. The van der Waals surface area contributed by atoms with Crippen molar-refractivity contribution in [2.45, 2.75) is 25.8 Å². The van der Waals surface area contributed by atoms with Gasteiger partial charge in [0.05, 0.1) is 20.3 Å². The van der Waals surface area contributed by atoms with E-state index in [1.807, 2.05) is 0 Å². The van der Waals surface area contributed by atoms with Gasteiger partial charge in [-0.15, -0.1) is 0 Å². The molecule has 0 aromatic heterocycles. The molecule has 0 bridgehead atoms. The molecule has 0 spiro atoms. The molecule has 8 heteroatoms. The van der Waals surface area contributed by atoms with E-state index in [9.17, 15) is 19.6 Å². The van der Waals surface area contributed by atoms with Gasteiger partial charge in [-0.25, -0.2) is 4.79 Å². The minimum Gasteiger partial charge on any atom is -0.467 e. The average Bonchev–Trinajstić information content (AvgIpc) is 2.26. The molecule has 2 atom stereocenters. The van der Waals surface area contributed by atoms with Crippen molar-refractivity contribution in [3.05, 3.63) is 0 Å². The molecule has 0 rings (SSSR count). The first-order chi connectivity index (χ1) is 7.42. The highest BCUT2D eigenvalue weighted by atomic mass is 31.2. The smallest absolute Gasteiger partial charge is 0.362 e. The lowest BCUT2D eigenvalue weighted by Crippen LogP contribution is -2.35. The molecule has 2 N–H and O–H groups in total. The normalized spacial score (nSPS) is 15.6. The fraction of sp³-hybridized carbons (Fsp3) is 0.875. The molecule has 7 nitrogen and oxygen atoms in total. The van der Waals surface area contributed by atoms with Crippen LogP contribution in [-0.4, -0.2) is 48.5 Å². The summed E-state index contributed by atoms with van der Waals surface area (Å²) in [5.41, 5.74) is 0. The first kappa shape index (κ1) is 15.5. The second-order valence-electron chi connectivity index (χ2n) is 2.76. The predicted octanol–water partition coefficient (Wildman–Crippen LogP) is 0.105. The van der Waals surface area contributed by atoms with E-state index in [1.54, 1.807) is 13.8 Å². The molecule has 96 valence electrons. The third kappa shape index (κ3) is 3.84. The second kappa shape index (κ2) is 6.98. The molecule has 2 unspecified atom stereocenters. The van der Waals surface area contributed by atoms with Crippen molar-refractivity contribution < 1.29 is 33.4 Å². The van der Waals surface area contributed by atoms with Crippen LogP contribution in [0.15, 0.2) is 0 Å². The quantitative estimate of drug-likeness (QED) is 0.492. The number of methoxy groups -OCH3 is 1. The van der Waals surface area contributed by atoms with Crippen LogP contribution in [0, 0.1) is 0 Å². The lowest BCUT2D eigenvalue weighted by Gasteiger charge is -2.24. The standard InChI is InChI=1S/C8H17O7P/c1-4-14-16(12,15-5-2)8(11)6(9)7(10)13-3/h6,8-9,11H,4-5H2,1-3H3. The van der Waals surface area contributed by atoms with Gasteiger partial charge in [0.2, 0.25) is 0 Å². The lowest BCUT2D eigenvalue weighted by atomic mass is 10.4. The first-order valence-electron chi connectivity index (χ1n) is 4.75. The van der Waals surface area contributed by atoms with E-state index in [0.29, 0.717) is 0 Å². The molecule has 16 heavy (non-hydrogen) atoms. The van der Waals surface area contributed by atoms with Crippen LogP contribution in [0.4, 0.5) is 0 Å². The Hall–Kier alpha value is -0.460. The minimum absolute atomic E-state index is 0.0161. The Balaban J connectivity index is 4.79. The Morgan fingerprint density at radius 2 is 1.69 bits per heavy atom. The number of aliphatic hydroxyl groups is 2. The van der Waals surface area contributed by atoms with Crippen molar-refractivity contribution in [2.75, 3.05) is 20.3 Å². The summed E-state index contributed by atoms with van der Waals surface area (Å²) in [7, 11) is -2.90. The van der Waals surface area contributed by atoms with E-state index in [4.69, 9.17) is 9.05 Å². The lowest BCUT2D eigenvalue weighted by molar-refractivity contribution is -0.154. The average molecular weight is 256 g/mol. The fourth-order valence-electron chi connectivity index (χ4n) is 0.965. The third-order valence-electron chi connectivity index (χ3n) is 1.67. The van der Waals surface area contributed by atoms with Gasteiger partial charge in [-0.05, 0) is 13.8 Å². The Kier molecular flexibility index (Phi) is 6.78. The summed E-state index contributed by atoms with van der Waals surface area (Å²) in [5, 5.41) is 18.9. The van der Waals surface area contributed by atoms with Gasteiger partial charge in [-0.3, -0.25) is 4.57 Å². The summed E-state index contributed by atoms with van der Waals surface area (Å²) in [5.74, 6) is -3.06. The largest absolute Gasteiger partial charge is 0.467 e. The van der Waals surface area contributed by atoms with Gasteiger partial charge in [0.15, 0.2) is 11.9 Å². The van der Waals surface area contributed by atoms with Crippen molar-refractivity contribution in [3.63, 3.8) is 0 Å². The van der Waals surface area contributed by atoms with Crippen LogP contribution in [0.1, 0.15) is 13.8 Å². The molecule has 0 aliphatic heterocycles. The van der Waals surface area contributed by atoms with Crippen LogP contribution in [-0.2, 0) is 23.1 Å². The molecule has 0 aromatic rings. The van der Waals surface area contributed by atoms with Crippen LogP contribution in [0.3, 0.4) is 0 Å². The molecule has 0 fully saturated rings. The number of rotatable bonds is 7. The SMILES string of the molecule is CCOP(=O)(OCC)C(O)C(O)C(=O)OC. The maximum absolute atomic E-state index is 11.9. The summed E-state index contributed by atoms with van der Waals surface area (Å²) in [6.07, 6.45) is -1.96. The van der Waals surface area contributed by atoms with Gasteiger partial charge in [0, 0.05) is 0 Å². The van der Waals surface area contributed by atoms with Crippen molar-refractivity contribution in [2.24, 2.45) is 0 Å². The van der Waals surface area contributed by atoms with E-state index in [1.165, 1.54) is 0 Å². The number of aliphatic hydroxyl groups excluding tert-OH is 2. The van der Waals surface area contributed by atoms with E-state index in [2.05, 4.69) is 4.74 Å². The Morgan fingerprint density at radius 3 is 2.00 bits per heavy atom. The molecule has 0 saturated carbocycles. The van der Waals surface area contributed by atoms with E-state index < -0.39 is 25.5 Å². The molecular weight excluding hydrogens is 239 g/mol. The Bertz CT molecular complexity index is 257. The molecule has 0 aliphatic carbocycles. The number of esters is 1. The summed E-state index contributed by atoms with van der Waals surface area (Å²) < 4.78 is 25.6. The minimum atomic E-state index is -3.93. The maximum atomic E-state index is 11.9. The number of ether oxygens (including phenoxy) is 1. The summed E-state index contributed by atoms with van der Waals surface area (Å²) in [6.45, 7) is 3.12. The first-order valence-corrected chi connectivity index (χ1v) is 6.36. The van der Waals surface area contributed by atoms with Gasteiger partial charge in [-0.1, -0.05) is 0 Å². The second-order valence-corrected chi connectivity index (χ2v) is 4.88. The molecule has 0 saturated heterocycles. The highest BCUT2D eigenvalue weighted by molar-refractivity contribution is 7.54. The topological polar surface area (TPSA) is 102 Å². The van der Waals surface area contributed by atoms with Crippen LogP contribution >= 0.6 is 7.60 Å². The Morgan fingerprint density at radius 1 is 1.25 bits per heavy atom. The molecular formula is C8H17O7P. The van der Waals surface area contributed by atoms with Crippen molar-refractivity contribution in [1.29, 1.82) is 0 Å². The highest BCUT2D eigenvalue weighted by Crippen LogP contribution is 2.53. The summed E-state index contributed by atoms with van der Waals surface area (Å²) in [4.78, 5) is 10.9. The van der Waals surface area contributed by atoms with Crippen LogP contribution < -0.4 is 0 Å². The van der Waals surface area contributed by atoms with Crippen molar-refractivity contribution >= 4 is 13.6 Å². The van der Waals surface area contributed by atoms with Gasteiger partial charge in [-0.2, -0.15) is 0 Å². The maximum Gasteiger partial charge on any atom is 0.362 e. The van der Waals surface area contributed by atoms with E-state index >= 15 is 0 Å². The zero-order valence-corrected chi connectivity index (χ0v) is 10.3. The van der Waals surface area contributed by atoms with Crippen molar-refractivity contribution in [3.8, 4) is 0 Å². The van der Waals surface area contributed by atoms with Gasteiger partial charge < -0.3 is 24.0 Å². The van der Waals surface area contributed by atoms with Gasteiger partial charge >= 0.3 is 13.6 Å². The van der Waals surface area contributed by atoms with Crippen LogP contribution in [0.5, 0.6) is 0 Å². The Labute approximate surface area is 93.8 Å². The zero-order valence-electron chi connectivity index (χ0n) is 9.45. The molecule has 0 aliphatic rings. The number of carbonyl (C=O) groups is 1. The number of hydrogen-bond donors (Lipinski definition) is 2. The zero-order chi connectivity index (χ0) is 12.8. The molecule has 0 heterocycles. The monoisotopic (exact) mass is 256 g/mol. The number of carbonyl (C=O) groups excluding carboxylic acids is 1. The van der Waals surface area contributed by atoms with Gasteiger partial charge in [0.1, 0.15) is 0 Å². The van der Waals surface area contributed by atoms with Crippen LogP contribution in [0.25, 0.3) is 0 Å². The number of hydrogen-bond acceptors (Lipinski definition) is 7.